The molecule has 0 aliphatic carbocycles. The normalized spacial score (nSPS) is 11.9. The highest BCUT2D eigenvalue weighted by Crippen LogP contribution is 2.13. The van der Waals surface area contributed by atoms with Crippen LogP contribution in [-0.4, -0.2) is 26.2 Å². The maximum Gasteiger partial charge on any atom is 0.307 e. The minimum atomic E-state index is -0.277. The Labute approximate surface area is 95.3 Å². The molecule has 16 heavy (non-hydrogen) atoms. The number of esters is 1. The van der Waals surface area contributed by atoms with Crippen molar-refractivity contribution < 1.29 is 14.3 Å². The Hall–Kier alpha value is -1.55. The van der Waals surface area contributed by atoms with Gasteiger partial charge < -0.3 is 15.2 Å². The maximum absolute atomic E-state index is 11.0. The molecule has 1 atom stereocenters. The summed E-state index contributed by atoms with van der Waals surface area (Å²) in [6.45, 7) is 0. The van der Waals surface area contributed by atoms with Gasteiger partial charge in [0.05, 0.1) is 20.6 Å². The molecule has 0 spiro atoms. The summed E-state index contributed by atoms with van der Waals surface area (Å²) in [6.07, 6.45) is 0.890. The lowest BCUT2D eigenvalue weighted by molar-refractivity contribution is -0.140. The molecule has 1 aromatic rings. The average molecular weight is 223 g/mol. The van der Waals surface area contributed by atoms with Crippen LogP contribution < -0.4 is 10.5 Å². The van der Waals surface area contributed by atoms with E-state index in [1.165, 1.54) is 7.11 Å². The quantitative estimate of drug-likeness (QED) is 0.760. The van der Waals surface area contributed by atoms with E-state index in [1.54, 1.807) is 7.11 Å². The summed E-state index contributed by atoms with van der Waals surface area (Å²) in [5.74, 6) is 0.534. The Bertz CT molecular complexity index is 335. The number of ether oxygens (including phenoxy) is 2. The first-order valence-corrected chi connectivity index (χ1v) is 5.11. The molecular formula is C12H17NO3. The first-order valence-electron chi connectivity index (χ1n) is 5.11. The number of benzene rings is 1. The third-order valence-corrected chi connectivity index (χ3v) is 2.31. The minimum Gasteiger partial charge on any atom is -0.497 e. The summed E-state index contributed by atoms with van der Waals surface area (Å²) in [5.41, 5.74) is 6.90. The Balaban J connectivity index is 2.49. The summed E-state index contributed by atoms with van der Waals surface area (Å²) < 4.78 is 9.61. The van der Waals surface area contributed by atoms with E-state index in [4.69, 9.17) is 10.5 Å². The Morgan fingerprint density at radius 1 is 1.31 bits per heavy atom. The number of rotatable bonds is 5. The van der Waals surface area contributed by atoms with Crippen LogP contribution in [-0.2, 0) is 16.0 Å². The monoisotopic (exact) mass is 223 g/mol. The second-order valence-corrected chi connectivity index (χ2v) is 3.59. The molecule has 88 valence electrons. The van der Waals surface area contributed by atoms with Crippen LogP contribution in [0.4, 0.5) is 0 Å². The highest BCUT2D eigenvalue weighted by Gasteiger charge is 2.10. The standard InChI is InChI=1S/C12H17NO3/c1-15-11-5-3-9(4-6-11)7-10(13)8-12(14)16-2/h3-6,10H,7-8,13H2,1-2H3/t10-/m0/s1. The van der Waals surface area contributed by atoms with Gasteiger partial charge in [-0.05, 0) is 24.1 Å². The number of nitrogens with two attached hydrogens (primary N) is 1. The largest absolute Gasteiger partial charge is 0.497 e. The molecule has 0 radical (unpaired) electrons. The zero-order valence-corrected chi connectivity index (χ0v) is 9.60. The van der Waals surface area contributed by atoms with Crippen molar-refractivity contribution >= 4 is 5.97 Å². The van der Waals surface area contributed by atoms with Crippen molar-refractivity contribution in [3.63, 3.8) is 0 Å². The first-order chi connectivity index (χ1) is 7.65. The fourth-order valence-corrected chi connectivity index (χ4v) is 1.43. The molecule has 0 bridgehead atoms. The third kappa shape index (κ3) is 3.90. The van der Waals surface area contributed by atoms with Gasteiger partial charge in [-0.3, -0.25) is 4.79 Å². The zero-order chi connectivity index (χ0) is 12.0. The lowest BCUT2D eigenvalue weighted by Gasteiger charge is -2.10. The van der Waals surface area contributed by atoms with E-state index in [9.17, 15) is 4.79 Å². The molecule has 0 amide bonds. The van der Waals surface area contributed by atoms with Gasteiger partial charge in [0.15, 0.2) is 0 Å². The van der Waals surface area contributed by atoms with E-state index in [2.05, 4.69) is 4.74 Å². The van der Waals surface area contributed by atoms with Crippen molar-refractivity contribution in [1.82, 2.24) is 0 Å². The molecular weight excluding hydrogens is 206 g/mol. The Kier molecular flexibility index (Phi) is 4.79. The third-order valence-electron chi connectivity index (χ3n) is 2.31. The van der Waals surface area contributed by atoms with Crippen LogP contribution in [0.1, 0.15) is 12.0 Å². The molecule has 4 heteroatoms. The van der Waals surface area contributed by atoms with Gasteiger partial charge in [0, 0.05) is 6.04 Å². The van der Waals surface area contributed by atoms with Crippen LogP contribution in [0.25, 0.3) is 0 Å². The summed E-state index contributed by atoms with van der Waals surface area (Å²) in [6, 6.07) is 7.42. The van der Waals surface area contributed by atoms with Crippen LogP contribution in [0, 0.1) is 0 Å². The molecule has 0 heterocycles. The molecule has 0 aliphatic heterocycles. The van der Waals surface area contributed by atoms with Crippen molar-refractivity contribution in [2.45, 2.75) is 18.9 Å². The van der Waals surface area contributed by atoms with E-state index >= 15 is 0 Å². The van der Waals surface area contributed by atoms with Crippen molar-refractivity contribution in [3.05, 3.63) is 29.8 Å². The molecule has 0 fully saturated rings. The molecule has 0 saturated heterocycles. The number of methoxy groups -OCH3 is 2. The van der Waals surface area contributed by atoms with Gasteiger partial charge >= 0.3 is 5.97 Å². The molecule has 0 aromatic heterocycles. The minimum absolute atomic E-state index is 0.208. The van der Waals surface area contributed by atoms with Gasteiger partial charge in [-0.1, -0.05) is 12.1 Å². The van der Waals surface area contributed by atoms with E-state index in [0.717, 1.165) is 11.3 Å². The SMILES string of the molecule is COC(=O)C[C@@H](N)Cc1ccc(OC)cc1. The number of carbonyl (C=O) groups is 1. The van der Waals surface area contributed by atoms with E-state index in [-0.39, 0.29) is 18.4 Å². The lowest BCUT2D eigenvalue weighted by atomic mass is 10.0. The van der Waals surface area contributed by atoms with Crippen LogP contribution >= 0.6 is 0 Å². The van der Waals surface area contributed by atoms with Crippen molar-refractivity contribution in [2.24, 2.45) is 5.73 Å². The second-order valence-electron chi connectivity index (χ2n) is 3.59. The van der Waals surface area contributed by atoms with Crippen molar-refractivity contribution in [2.75, 3.05) is 14.2 Å². The Morgan fingerprint density at radius 2 is 1.94 bits per heavy atom. The van der Waals surface area contributed by atoms with Crippen molar-refractivity contribution in [3.8, 4) is 5.75 Å². The van der Waals surface area contributed by atoms with E-state index < -0.39 is 0 Å². The summed E-state index contributed by atoms with van der Waals surface area (Å²) in [4.78, 5) is 11.0. The summed E-state index contributed by atoms with van der Waals surface area (Å²) in [5, 5.41) is 0. The van der Waals surface area contributed by atoms with Gasteiger partial charge in [-0.25, -0.2) is 0 Å². The Morgan fingerprint density at radius 3 is 2.44 bits per heavy atom. The van der Waals surface area contributed by atoms with Crippen LogP contribution in [0.5, 0.6) is 5.75 Å². The molecule has 0 aliphatic rings. The van der Waals surface area contributed by atoms with Gasteiger partial charge in [0.25, 0.3) is 0 Å². The highest BCUT2D eigenvalue weighted by molar-refractivity contribution is 5.69. The van der Waals surface area contributed by atoms with Gasteiger partial charge in [0.1, 0.15) is 5.75 Å². The first kappa shape index (κ1) is 12.5. The highest BCUT2D eigenvalue weighted by atomic mass is 16.5. The number of hydrogen-bond donors (Lipinski definition) is 1. The van der Waals surface area contributed by atoms with Crippen LogP contribution in [0.2, 0.25) is 0 Å². The molecule has 1 aromatic carbocycles. The van der Waals surface area contributed by atoms with Crippen LogP contribution in [0.15, 0.2) is 24.3 Å². The molecule has 0 unspecified atom stereocenters. The second kappa shape index (κ2) is 6.12. The van der Waals surface area contributed by atoms with Gasteiger partial charge in [-0.2, -0.15) is 0 Å². The fourth-order valence-electron chi connectivity index (χ4n) is 1.43. The van der Waals surface area contributed by atoms with Crippen molar-refractivity contribution in [1.29, 1.82) is 0 Å². The van der Waals surface area contributed by atoms with Gasteiger partial charge in [-0.15, -0.1) is 0 Å². The molecule has 2 N–H and O–H groups in total. The molecule has 1 rings (SSSR count). The average Bonchev–Trinajstić information content (AvgIpc) is 2.29. The van der Waals surface area contributed by atoms with Crippen LogP contribution in [0.3, 0.4) is 0 Å². The lowest BCUT2D eigenvalue weighted by Crippen LogP contribution is -2.26. The maximum atomic E-state index is 11.0. The predicted octanol–water partition coefficient (Wildman–Crippen LogP) is 1.13. The van der Waals surface area contributed by atoms with E-state index in [1.807, 2.05) is 24.3 Å². The molecule has 0 saturated carbocycles. The predicted molar refractivity (Wildman–Crippen MR) is 61.3 cm³/mol. The fraction of sp³-hybridized carbons (Fsp3) is 0.417. The topological polar surface area (TPSA) is 61.5 Å². The van der Waals surface area contributed by atoms with Gasteiger partial charge in [0.2, 0.25) is 0 Å². The summed E-state index contributed by atoms with van der Waals surface area (Å²) in [7, 11) is 2.99. The number of carbonyl (C=O) groups excluding carboxylic acids is 1. The summed E-state index contributed by atoms with van der Waals surface area (Å²) >= 11 is 0. The zero-order valence-electron chi connectivity index (χ0n) is 9.60. The smallest absolute Gasteiger partial charge is 0.307 e. The molecule has 4 nitrogen and oxygen atoms in total. The van der Waals surface area contributed by atoms with E-state index in [0.29, 0.717) is 6.42 Å². The number of hydrogen-bond acceptors (Lipinski definition) is 4.